The van der Waals surface area contributed by atoms with Crippen LogP contribution in [0.2, 0.25) is 0 Å². The lowest BCUT2D eigenvalue weighted by Gasteiger charge is -2.27. The minimum Gasteiger partial charge on any atom is -0.373 e. The van der Waals surface area contributed by atoms with Crippen molar-refractivity contribution in [3.05, 3.63) is 169 Å². The highest BCUT2D eigenvalue weighted by atomic mass is 16.5. The molecular formula is C48H36N2O2. The lowest BCUT2D eigenvalue weighted by molar-refractivity contribution is -0.0528. The predicted octanol–water partition coefficient (Wildman–Crippen LogP) is 12.1. The van der Waals surface area contributed by atoms with Gasteiger partial charge in [-0.1, -0.05) is 91.0 Å². The van der Waals surface area contributed by atoms with Crippen LogP contribution in [0.5, 0.6) is 0 Å². The SMILES string of the molecule is c1cc(-c2ccc3c(c2)c2ccccc2n3-c2cccc(C3CCO3)c2)cc(-c2ccc3c(c2)c2ccccc2n3-c2cccc(C3CCO3)c2)c1. The molecule has 0 saturated carbocycles. The summed E-state index contributed by atoms with van der Waals surface area (Å²) in [5.74, 6) is 0. The quantitative estimate of drug-likeness (QED) is 0.176. The van der Waals surface area contributed by atoms with Crippen molar-refractivity contribution in [2.24, 2.45) is 0 Å². The lowest BCUT2D eigenvalue weighted by Crippen LogP contribution is -2.18. The van der Waals surface area contributed by atoms with Crippen molar-refractivity contribution in [3.8, 4) is 33.6 Å². The van der Waals surface area contributed by atoms with Gasteiger partial charge in [-0.25, -0.2) is 0 Å². The molecule has 52 heavy (non-hydrogen) atoms. The Bertz CT molecular complexity index is 2640. The molecule has 0 spiro atoms. The highest BCUT2D eigenvalue weighted by Crippen LogP contribution is 2.40. The van der Waals surface area contributed by atoms with Crippen molar-refractivity contribution < 1.29 is 9.47 Å². The van der Waals surface area contributed by atoms with Crippen molar-refractivity contribution in [2.75, 3.05) is 13.2 Å². The fraction of sp³-hybridized carbons (Fsp3) is 0.125. The molecule has 4 heterocycles. The molecule has 2 saturated heterocycles. The number of hydrogen-bond acceptors (Lipinski definition) is 2. The van der Waals surface area contributed by atoms with E-state index < -0.39 is 0 Å². The minimum absolute atomic E-state index is 0.204. The van der Waals surface area contributed by atoms with Gasteiger partial charge < -0.3 is 18.6 Å². The second-order valence-corrected chi connectivity index (χ2v) is 14.2. The summed E-state index contributed by atoms with van der Waals surface area (Å²) < 4.78 is 16.5. The maximum atomic E-state index is 5.83. The number of hydrogen-bond donors (Lipinski definition) is 0. The maximum absolute atomic E-state index is 5.83. The molecule has 0 N–H and O–H groups in total. The molecule has 2 atom stereocenters. The van der Waals surface area contributed by atoms with Crippen LogP contribution >= 0.6 is 0 Å². The summed E-state index contributed by atoms with van der Waals surface area (Å²) in [6.45, 7) is 1.69. The largest absolute Gasteiger partial charge is 0.373 e. The predicted molar refractivity (Wildman–Crippen MR) is 213 cm³/mol. The number of fused-ring (bicyclic) bond motifs is 6. The van der Waals surface area contributed by atoms with Gasteiger partial charge in [0.05, 0.1) is 47.5 Å². The molecule has 2 aromatic heterocycles. The van der Waals surface area contributed by atoms with Crippen LogP contribution in [0.15, 0.2) is 158 Å². The molecule has 0 amide bonds. The Balaban J connectivity index is 1.00. The van der Waals surface area contributed by atoms with Gasteiger partial charge in [-0.3, -0.25) is 0 Å². The molecule has 11 rings (SSSR count). The van der Waals surface area contributed by atoms with Crippen LogP contribution < -0.4 is 0 Å². The number of rotatable bonds is 6. The number of ether oxygens (including phenoxy) is 2. The fourth-order valence-corrected chi connectivity index (χ4v) is 8.47. The Labute approximate surface area is 302 Å². The second kappa shape index (κ2) is 11.8. The van der Waals surface area contributed by atoms with Crippen LogP contribution in [-0.4, -0.2) is 22.3 Å². The Morgan fingerprint density at radius 3 is 1.25 bits per heavy atom. The zero-order chi connectivity index (χ0) is 34.2. The van der Waals surface area contributed by atoms with Gasteiger partial charge in [0.25, 0.3) is 0 Å². The zero-order valence-corrected chi connectivity index (χ0v) is 28.7. The summed E-state index contributed by atoms with van der Waals surface area (Å²) in [6, 6.07) is 58.1. The lowest BCUT2D eigenvalue weighted by atomic mass is 9.97. The first-order valence-corrected chi connectivity index (χ1v) is 18.4. The molecule has 7 aromatic carbocycles. The highest BCUT2D eigenvalue weighted by molar-refractivity contribution is 6.11. The molecule has 2 unspecified atom stereocenters. The van der Waals surface area contributed by atoms with Crippen LogP contribution in [0.3, 0.4) is 0 Å². The summed E-state index contributed by atoms with van der Waals surface area (Å²) in [5.41, 5.74) is 14.5. The summed E-state index contributed by atoms with van der Waals surface area (Å²) in [7, 11) is 0. The van der Waals surface area contributed by atoms with E-state index in [0.29, 0.717) is 0 Å². The van der Waals surface area contributed by atoms with E-state index in [1.807, 2.05) is 0 Å². The third-order valence-corrected chi connectivity index (χ3v) is 11.3. The first kappa shape index (κ1) is 29.8. The van der Waals surface area contributed by atoms with Crippen LogP contribution in [0.4, 0.5) is 0 Å². The molecule has 4 heteroatoms. The van der Waals surface area contributed by atoms with E-state index in [4.69, 9.17) is 9.47 Å². The van der Waals surface area contributed by atoms with E-state index in [9.17, 15) is 0 Å². The highest BCUT2D eigenvalue weighted by Gasteiger charge is 2.23. The van der Waals surface area contributed by atoms with Crippen LogP contribution in [-0.2, 0) is 9.47 Å². The number of aromatic nitrogens is 2. The molecule has 0 radical (unpaired) electrons. The smallest absolute Gasteiger partial charge is 0.0847 e. The summed E-state index contributed by atoms with van der Waals surface area (Å²) >= 11 is 0. The van der Waals surface area contributed by atoms with Crippen LogP contribution in [0.1, 0.15) is 36.2 Å². The molecule has 0 bridgehead atoms. The standard InChI is InChI=1S/C48H36N2O2/c1-3-16-43-39(14-1)41-29-33(18-20-45(41)49(43)37-12-6-10-35(27-37)47-22-24-51-47)31-8-5-9-32(26-31)34-19-21-46-42(30-34)40-15-2-4-17-44(40)50(46)38-13-7-11-36(28-38)48-23-25-52-48/h1-21,26-30,47-48H,22-25H2. The summed E-state index contributed by atoms with van der Waals surface area (Å²) in [5, 5.41) is 5.03. The third kappa shape index (κ3) is 4.68. The molecule has 2 aliphatic heterocycles. The van der Waals surface area contributed by atoms with Gasteiger partial charge in [0.2, 0.25) is 0 Å². The topological polar surface area (TPSA) is 28.3 Å². The Kier molecular flexibility index (Phi) is 6.76. The summed E-state index contributed by atoms with van der Waals surface area (Å²) in [4.78, 5) is 0. The first-order chi connectivity index (χ1) is 25.8. The van der Waals surface area contributed by atoms with E-state index in [1.165, 1.54) is 88.4 Å². The maximum Gasteiger partial charge on any atom is 0.0847 e. The van der Waals surface area contributed by atoms with Gasteiger partial charge in [-0.05, 0) is 100 Å². The Hall–Kier alpha value is -5.94. The summed E-state index contributed by atoms with van der Waals surface area (Å²) in [6.07, 6.45) is 2.58. The van der Waals surface area contributed by atoms with Gasteiger partial charge in [0.15, 0.2) is 0 Å². The average Bonchev–Trinajstić information content (AvgIpc) is 3.66. The zero-order valence-electron chi connectivity index (χ0n) is 28.7. The van der Waals surface area contributed by atoms with Gasteiger partial charge in [0.1, 0.15) is 0 Å². The minimum atomic E-state index is 0.204. The molecule has 4 nitrogen and oxygen atoms in total. The van der Waals surface area contributed by atoms with E-state index in [2.05, 4.69) is 167 Å². The van der Waals surface area contributed by atoms with Gasteiger partial charge in [0, 0.05) is 45.8 Å². The van der Waals surface area contributed by atoms with Crippen molar-refractivity contribution >= 4 is 43.6 Å². The fourth-order valence-electron chi connectivity index (χ4n) is 8.47. The van der Waals surface area contributed by atoms with Crippen molar-refractivity contribution in [3.63, 3.8) is 0 Å². The van der Waals surface area contributed by atoms with Crippen molar-refractivity contribution in [1.82, 2.24) is 9.13 Å². The molecule has 0 aliphatic carbocycles. The third-order valence-electron chi connectivity index (χ3n) is 11.3. The number of benzene rings is 7. The Morgan fingerprint density at radius 1 is 0.365 bits per heavy atom. The monoisotopic (exact) mass is 672 g/mol. The van der Waals surface area contributed by atoms with E-state index >= 15 is 0 Å². The van der Waals surface area contributed by atoms with Gasteiger partial charge in [-0.2, -0.15) is 0 Å². The Morgan fingerprint density at radius 2 is 0.788 bits per heavy atom. The van der Waals surface area contributed by atoms with E-state index in [-0.39, 0.29) is 12.2 Å². The normalized spacial score (nSPS) is 17.2. The number of nitrogens with zero attached hydrogens (tertiary/aromatic N) is 2. The van der Waals surface area contributed by atoms with Gasteiger partial charge >= 0.3 is 0 Å². The first-order valence-electron chi connectivity index (χ1n) is 18.4. The van der Waals surface area contributed by atoms with Crippen LogP contribution in [0, 0.1) is 0 Å². The van der Waals surface area contributed by atoms with Crippen molar-refractivity contribution in [2.45, 2.75) is 25.0 Å². The average molecular weight is 673 g/mol. The second-order valence-electron chi connectivity index (χ2n) is 14.2. The van der Waals surface area contributed by atoms with E-state index in [0.717, 1.165) is 26.1 Å². The number of para-hydroxylation sites is 2. The molecule has 9 aromatic rings. The molecular weight excluding hydrogens is 637 g/mol. The van der Waals surface area contributed by atoms with Crippen LogP contribution in [0.25, 0.3) is 77.2 Å². The van der Waals surface area contributed by atoms with Gasteiger partial charge in [-0.15, -0.1) is 0 Å². The molecule has 250 valence electrons. The molecule has 2 aliphatic rings. The van der Waals surface area contributed by atoms with E-state index in [1.54, 1.807) is 0 Å². The van der Waals surface area contributed by atoms with Crippen molar-refractivity contribution in [1.29, 1.82) is 0 Å². The molecule has 2 fully saturated rings.